The van der Waals surface area contributed by atoms with Crippen LogP contribution in [0.2, 0.25) is 0 Å². The molecular weight excluding hydrogens is 390 g/mol. The van der Waals surface area contributed by atoms with Gasteiger partial charge in [-0.05, 0) is 67.3 Å². The van der Waals surface area contributed by atoms with Crippen LogP contribution in [0, 0.1) is 11.8 Å². The van der Waals surface area contributed by atoms with E-state index < -0.39 is 0 Å². The van der Waals surface area contributed by atoms with Gasteiger partial charge in [0.2, 0.25) is 5.91 Å². The largest absolute Gasteiger partial charge is 0.497 e. The monoisotopic (exact) mass is 419 g/mol. The van der Waals surface area contributed by atoms with E-state index in [-0.39, 0.29) is 29.8 Å². The molecule has 1 aromatic heterocycles. The number of pyridine rings is 1. The van der Waals surface area contributed by atoms with Crippen LogP contribution in [-0.2, 0) is 11.2 Å². The molecule has 6 heteroatoms. The van der Waals surface area contributed by atoms with Gasteiger partial charge in [-0.2, -0.15) is 0 Å². The van der Waals surface area contributed by atoms with Crippen molar-refractivity contribution in [3.63, 3.8) is 0 Å². The van der Waals surface area contributed by atoms with Crippen LogP contribution in [0.4, 0.5) is 0 Å². The van der Waals surface area contributed by atoms with E-state index in [9.17, 15) is 9.59 Å². The van der Waals surface area contributed by atoms with E-state index in [1.165, 1.54) is 5.56 Å². The van der Waals surface area contributed by atoms with Gasteiger partial charge >= 0.3 is 0 Å². The average Bonchev–Trinajstić information content (AvgIpc) is 2.82. The Hall–Kier alpha value is -2.89. The van der Waals surface area contributed by atoms with Gasteiger partial charge in [0.25, 0.3) is 5.91 Å². The van der Waals surface area contributed by atoms with Crippen LogP contribution < -0.4 is 4.74 Å². The number of likely N-dealkylation sites (tertiary alicyclic amines) is 1. The average molecular weight is 420 g/mol. The van der Waals surface area contributed by atoms with Crippen LogP contribution in [0.15, 0.2) is 48.8 Å². The molecule has 3 aliphatic rings. The molecule has 2 bridgehead atoms. The fourth-order valence-corrected chi connectivity index (χ4v) is 5.92. The summed E-state index contributed by atoms with van der Waals surface area (Å²) in [5, 5.41) is 0. The number of amides is 2. The normalized spacial score (nSPS) is 27.6. The number of ether oxygens (including phenoxy) is 1. The van der Waals surface area contributed by atoms with Crippen molar-refractivity contribution < 1.29 is 14.3 Å². The van der Waals surface area contributed by atoms with Gasteiger partial charge in [-0.1, -0.05) is 12.1 Å². The van der Waals surface area contributed by atoms with Gasteiger partial charge in [0.05, 0.1) is 7.11 Å². The Morgan fingerprint density at radius 2 is 1.97 bits per heavy atom. The number of piperidine rings is 3. The predicted octanol–water partition coefficient (Wildman–Crippen LogP) is 3.17. The fourth-order valence-electron chi connectivity index (χ4n) is 5.92. The Morgan fingerprint density at radius 3 is 2.77 bits per heavy atom. The lowest BCUT2D eigenvalue weighted by atomic mass is 9.70. The molecule has 0 spiro atoms. The number of benzene rings is 1. The highest BCUT2D eigenvalue weighted by atomic mass is 16.5. The zero-order valence-electron chi connectivity index (χ0n) is 17.9. The molecule has 2 amide bonds. The number of fused-ring (bicyclic) bond motifs is 4. The van der Waals surface area contributed by atoms with E-state index in [0.29, 0.717) is 24.4 Å². The van der Waals surface area contributed by atoms with Crippen LogP contribution in [0.25, 0.3) is 0 Å². The molecule has 0 unspecified atom stereocenters. The van der Waals surface area contributed by atoms with E-state index in [1.807, 2.05) is 17.0 Å². The van der Waals surface area contributed by atoms with Crippen molar-refractivity contribution in [3.8, 4) is 5.75 Å². The van der Waals surface area contributed by atoms with Crippen molar-refractivity contribution in [2.24, 2.45) is 11.8 Å². The molecule has 1 aromatic carbocycles. The molecule has 5 rings (SSSR count). The number of methoxy groups -OCH3 is 1. The van der Waals surface area contributed by atoms with Crippen LogP contribution in [0.3, 0.4) is 0 Å². The first-order valence-corrected chi connectivity index (χ1v) is 11.3. The summed E-state index contributed by atoms with van der Waals surface area (Å²) in [6.45, 7) is 1.43. The van der Waals surface area contributed by atoms with E-state index in [4.69, 9.17) is 4.74 Å². The molecule has 0 saturated carbocycles. The molecule has 4 heterocycles. The van der Waals surface area contributed by atoms with E-state index in [1.54, 1.807) is 31.6 Å². The molecule has 4 atom stereocenters. The fraction of sp³-hybridized carbons (Fsp3) is 0.480. The Balaban J connectivity index is 1.44. The van der Waals surface area contributed by atoms with Crippen molar-refractivity contribution in [1.82, 2.24) is 14.8 Å². The highest BCUT2D eigenvalue weighted by Crippen LogP contribution is 2.43. The van der Waals surface area contributed by atoms with Crippen molar-refractivity contribution >= 4 is 11.8 Å². The van der Waals surface area contributed by atoms with E-state index in [0.717, 1.165) is 38.0 Å². The zero-order valence-corrected chi connectivity index (χ0v) is 17.9. The molecule has 31 heavy (non-hydrogen) atoms. The predicted molar refractivity (Wildman–Crippen MR) is 117 cm³/mol. The summed E-state index contributed by atoms with van der Waals surface area (Å²) in [5.41, 5.74) is 1.87. The van der Waals surface area contributed by atoms with Gasteiger partial charge in [-0.15, -0.1) is 0 Å². The summed E-state index contributed by atoms with van der Waals surface area (Å²) in [6, 6.07) is 12.1. The lowest BCUT2D eigenvalue weighted by Gasteiger charge is -2.56. The Bertz CT molecular complexity index is 963. The SMILES string of the molecule is COc1cccc(C[C@H]2[C@H]3C[C@H](CN(C(=O)c4ccncc4)C3)[C@@H]3CCCC(=O)N32)c1. The molecule has 3 aliphatic heterocycles. The van der Waals surface area contributed by atoms with E-state index in [2.05, 4.69) is 22.0 Å². The van der Waals surface area contributed by atoms with E-state index >= 15 is 0 Å². The van der Waals surface area contributed by atoms with Gasteiger partial charge in [0.15, 0.2) is 0 Å². The molecule has 0 aliphatic carbocycles. The Labute approximate surface area is 183 Å². The number of aromatic nitrogens is 1. The topological polar surface area (TPSA) is 62.7 Å². The maximum Gasteiger partial charge on any atom is 0.253 e. The third-order valence-corrected chi connectivity index (χ3v) is 7.29. The van der Waals surface area contributed by atoms with Crippen LogP contribution in [0.1, 0.15) is 41.6 Å². The zero-order chi connectivity index (χ0) is 21.4. The second-order valence-corrected chi connectivity index (χ2v) is 9.09. The minimum Gasteiger partial charge on any atom is -0.497 e. The summed E-state index contributed by atoms with van der Waals surface area (Å²) in [6.07, 6.45) is 7.86. The molecule has 3 fully saturated rings. The molecule has 2 aromatic rings. The second kappa shape index (κ2) is 8.33. The molecule has 0 radical (unpaired) electrons. The lowest BCUT2D eigenvalue weighted by molar-refractivity contribution is -0.151. The van der Waals surface area contributed by atoms with Gasteiger partial charge in [0, 0.05) is 49.6 Å². The third-order valence-electron chi connectivity index (χ3n) is 7.29. The quantitative estimate of drug-likeness (QED) is 0.764. The molecule has 6 nitrogen and oxygen atoms in total. The maximum atomic E-state index is 13.2. The first-order valence-electron chi connectivity index (χ1n) is 11.3. The first-order chi connectivity index (χ1) is 15.1. The summed E-state index contributed by atoms with van der Waals surface area (Å²) in [5.74, 6) is 1.84. The number of hydrogen-bond acceptors (Lipinski definition) is 4. The number of carbonyl (C=O) groups excluding carboxylic acids is 2. The first kappa shape index (κ1) is 20.0. The molecule has 162 valence electrons. The lowest BCUT2D eigenvalue weighted by Crippen LogP contribution is -2.66. The van der Waals surface area contributed by atoms with Crippen LogP contribution in [-0.4, -0.2) is 58.9 Å². The molecule has 3 saturated heterocycles. The van der Waals surface area contributed by atoms with Crippen molar-refractivity contribution in [2.45, 2.75) is 44.2 Å². The summed E-state index contributed by atoms with van der Waals surface area (Å²) in [7, 11) is 1.68. The Kier molecular flexibility index (Phi) is 5.38. The van der Waals surface area contributed by atoms with Crippen LogP contribution in [0.5, 0.6) is 5.75 Å². The summed E-state index contributed by atoms with van der Waals surface area (Å²) in [4.78, 5) is 34.5. The number of hydrogen-bond donors (Lipinski definition) is 0. The van der Waals surface area contributed by atoms with Gasteiger partial charge < -0.3 is 14.5 Å². The van der Waals surface area contributed by atoms with Crippen LogP contribution >= 0.6 is 0 Å². The Morgan fingerprint density at radius 1 is 1.16 bits per heavy atom. The van der Waals surface area contributed by atoms with Gasteiger partial charge in [-0.3, -0.25) is 14.6 Å². The van der Waals surface area contributed by atoms with Crippen molar-refractivity contribution in [2.75, 3.05) is 20.2 Å². The van der Waals surface area contributed by atoms with Gasteiger partial charge in [0.1, 0.15) is 5.75 Å². The van der Waals surface area contributed by atoms with Crippen molar-refractivity contribution in [3.05, 3.63) is 59.9 Å². The highest BCUT2D eigenvalue weighted by Gasteiger charge is 2.49. The standard InChI is InChI=1S/C25H29N3O3/c1-31-21-5-2-4-17(12-21)13-23-20-14-19(22-6-3-7-24(29)28(22)23)15-27(16-20)25(30)18-8-10-26-11-9-18/h2,4-5,8-12,19-20,22-23H,3,6-7,13-16H2,1H3/t19-,20+,22+,23+/m1/s1. The van der Waals surface area contributed by atoms with Gasteiger partial charge in [-0.25, -0.2) is 0 Å². The number of rotatable bonds is 4. The second-order valence-electron chi connectivity index (χ2n) is 9.09. The van der Waals surface area contributed by atoms with Crippen molar-refractivity contribution in [1.29, 1.82) is 0 Å². The minimum absolute atomic E-state index is 0.0767. The maximum absolute atomic E-state index is 13.2. The summed E-state index contributed by atoms with van der Waals surface area (Å²) >= 11 is 0. The molecular formula is C25H29N3O3. The molecule has 0 N–H and O–H groups in total. The summed E-state index contributed by atoms with van der Waals surface area (Å²) < 4.78 is 5.41. The smallest absolute Gasteiger partial charge is 0.253 e. The minimum atomic E-state index is 0.0767. The third kappa shape index (κ3) is 3.80. The number of carbonyl (C=O) groups is 2. The highest BCUT2D eigenvalue weighted by molar-refractivity contribution is 5.94. The number of nitrogens with zero attached hydrogens (tertiary/aromatic N) is 3.